The van der Waals surface area contributed by atoms with Gasteiger partial charge in [0.05, 0.1) is 13.4 Å². The Labute approximate surface area is 197 Å². The van der Waals surface area contributed by atoms with Crippen molar-refractivity contribution < 1.29 is 28.3 Å². The number of amides is 5. The van der Waals surface area contributed by atoms with Crippen molar-refractivity contribution >= 4 is 23.8 Å². The molecule has 0 radical (unpaired) electrons. The highest BCUT2D eigenvalue weighted by Gasteiger charge is 2.48. The van der Waals surface area contributed by atoms with E-state index in [2.05, 4.69) is 5.32 Å². The van der Waals surface area contributed by atoms with Crippen LogP contribution in [0.15, 0.2) is 47.1 Å². The van der Waals surface area contributed by atoms with Gasteiger partial charge in [-0.25, -0.2) is 4.79 Å². The van der Waals surface area contributed by atoms with Crippen LogP contribution in [0.1, 0.15) is 29.5 Å². The number of rotatable bonds is 7. The van der Waals surface area contributed by atoms with Crippen LogP contribution < -0.4 is 10.1 Å². The van der Waals surface area contributed by atoms with E-state index in [0.29, 0.717) is 39.0 Å². The number of hydrogen-bond donors (Lipinski definition) is 1. The predicted molar refractivity (Wildman–Crippen MR) is 121 cm³/mol. The average molecular weight is 469 g/mol. The second kappa shape index (κ2) is 9.58. The zero-order valence-electron chi connectivity index (χ0n) is 19.3. The number of hydrogen-bond acceptors (Lipinski definition) is 6. The fraction of sp³-hybridized carbons (Fsp3) is 0.417. The molecule has 1 aromatic carbocycles. The molecule has 2 aliphatic heterocycles. The van der Waals surface area contributed by atoms with Crippen LogP contribution >= 0.6 is 0 Å². The lowest BCUT2D eigenvalue weighted by atomic mass is 9.93. The molecule has 0 saturated carbocycles. The quantitative estimate of drug-likeness (QED) is 0.617. The molecule has 1 atom stereocenters. The molecular weight excluding hydrogens is 440 g/mol. The van der Waals surface area contributed by atoms with Crippen molar-refractivity contribution in [2.75, 3.05) is 39.8 Å². The number of nitrogens with zero attached hydrogens (tertiary/aromatic N) is 3. The van der Waals surface area contributed by atoms with Gasteiger partial charge in [0.2, 0.25) is 5.91 Å². The van der Waals surface area contributed by atoms with Gasteiger partial charge >= 0.3 is 6.03 Å². The van der Waals surface area contributed by atoms with Crippen LogP contribution in [0.4, 0.5) is 4.79 Å². The number of benzene rings is 1. The molecule has 2 saturated heterocycles. The molecule has 10 nitrogen and oxygen atoms in total. The molecule has 1 aromatic heterocycles. The van der Waals surface area contributed by atoms with E-state index in [1.165, 1.54) is 6.26 Å². The van der Waals surface area contributed by atoms with Crippen molar-refractivity contribution in [3.05, 3.63) is 54.0 Å². The van der Waals surface area contributed by atoms with E-state index in [4.69, 9.17) is 9.15 Å². The maximum absolute atomic E-state index is 13.0. The van der Waals surface area contributed by atoms with Gasteiger partial charge in [0.1, 0.15) is 17.8 Å². The fourth-order valence-electron chi connectivity index (χ4n) is 4.20. The second-order valence-corrected chi connectivity index (χ2v) is 8.65. The van der Waals surface area contributed by atoms with Gasteiger partial charge in [0.15, 0.2) is 5.76 Å². The standard InChI is InChI=1S/C24H28N4O6/c1-24(10-9-17-5-7-18(33-2)8-6-17)22(31)28(23(32)25-24)16-20(29)26-11-13-27(14-12-26)21(30)19-4-3-15-34-19/h3-8,15H,9-14,16H2,1-2H3,(H,25,32). The largest absolute Gasteiger partial charge is 0.497 e. The first-order valence-corrected chi connectivity index (χ1v) is 11.2. The Hall–Kier alpha value is -3.82. The molecular formula is C24H28N4O6. The molecule has 4 rings (SSSR count). The number of aryl methyl sites for hydroxylation is 1. The van der Waals surface area contributed by atoms with Crippen molar-refractivity contribution in [3.8, 4) is 5.75 Å². The van der Waals surface area contributed by atoms with Crippen molar-refractivity contribution in [1.82, 2.24) is 20.0 Å². The highest BCUT2D eigenvalue weighted by Crippen LogP contribution is 2.24. The van der Waals surface area contributed by atoms with Crippen LogP contribution in [-0.2, 0) is 16.0 Å². The van der Waals surface area contributed by atoms with Crippen LogP contribution in [0.25, 0.3) is 0 Å². The molecule has 2 aromatic rings. The Kier molecular flexibility index (Phi) is 6.58. The summed E-state index contributed by atoms with van der Waals surface area (Å²) in [4.78, 5) is 54.9. The van der Waals surface area contributed by atoms with E-state index in [-0.39, 0.29) is 24.1 Å². The number of nitrogens with one attached hydrogen (secondary N) is 1. The summed E-state index contributed by atoms with van der Waals surface area (Å²) in [5, 5.41) is 2.75. The lowest BCUT2D eigenvalue weighted by molar-refractivity contribution is -0.139. The van der Waals surface area contributed by atoms with E-state index in [9.17, 15) is 19.2 Å². The van der Waals surface area contributed by atoms with E-state index < -0.39 is 17.5 Å². The third-order valence-electron chi connectivity index (χ3n) is 6.36. The summed E-state index contributed by atoms with van der Waals surface area (Å²) in [5.41, 5.74) is -0.0635. The lowest BCUT2D eigenvalue weighted by Crippen LogP contribution is -2.53. The monoisotopic (exact) mass is 468 g/mol. The molecule has 2 fully saturated rings. The van der Waals surface area contributed by atoms with Gasteiger partial charge < -0.3 is 24.3 Å². The molecule has 0 spiro atoms. The Balaban J connectivity index is 1.30. The minimum absolute atomic E-state index is 0.223. The molecule has 5 amide bonds. The Morgan fingerprint density at radius 3 is 2.35 bits per heavy atom. The summed E-state index contributed by atoms with van der Waals surface area (Å²) in [6, 6.07) is 10.2. The molecule has 3 heterocycles. The molecule has 34 heavy (non-hydrogen) atoms. The number of methoxy groups -OCH3 is 1. The molecule has 0 bridgehead atoms. The first-order valence-electron chi connectivity index (χ1n) is 11.2. The van der Waals surface area contributed by atoms with Gasteiger partial charge in [0.25, 0.3) is 11.8 Å². The summed E-state index contributed by atoms with van der Waals surface area (Å²) in [7, 11) is 1.60. The number of carbonyl (C=O) groups is 4. The van der Waals surface area contributed by atoms with E-state index >= 15 is 0 Å². The fourth-order valence-corrected chi connectivity index (χ4v) is 4.20. The predicted octanol–water partition coefficient (Wildman–Crippen LogP) is 1.52. The third kappa shape index (κ3) is 4.75. The average Bonchev–Trinajstić information content (AvgIpc) is 3.46. The molecule has 0 aliphatic carbocycles. The highest BCUT2D eigenvalue weighted by molar-refractivity contribution is 6.08. The van der Waals surface area contributed by atoms with Crippen LogP contribution in [0, 0.1) is 0 Å². The normalized spacial score (nSPS) is 20.5. The van der Waals surface area contributed by atoms with Crippen molar-refractivity contribution in [2.24, 2.45) is 0 Å². The maximum Gasteiger partial charge on any atom is 0.325 e. The first kappa shape index (κ1) is 23.3. The van der Waals surface area contributed by atoms with Crippen molar-refractivity contribution in [2.45, 2.75) is 25.3 Å². The summed E-state index contributed by atoms with van der Waals surface area (Å²) in [6.07, 6.45) is 2.43. The summed E-state index contributed by atoms with van der Waals surface area (Å²) < 4.78 is 10.3. The Bertz CT molecular complexity index is 1060. The van der Waals surface area contributed by atoms with Gasteiger partial charge in [-0.1, -0.05) is 12.1 Å². The first-order chi connectivity index (χ1) is 16.3. The van der Waals surface area contributed by atoms with Crippen molar-refractivity contribution in [1.29, 1.82) is 0 Å². The van der Waals surface area contributed by atoms with Gasteiger partial charge in [-0.05, 0) is 49.6 Å². The number of piperazine rings is 1. The third-order valence-corrected chi connectivity index (χ3v) is 6.36. The number of urea groups is 1. The topological polar surface area (TPSA) is 112 Å². The molecule has 1 N–H and O–H groups in total. The molecule has 1 unspecified atom stereocenters. The lowest BCUT2D eigenvalue weighted by Gasteiger charge is -2.34. The maximum atomic E-state index is 13.0. The van der Waals surface area contributed by atoms with E-state index in [1.54, 1.807) is 36.0 Å². The van der Waals surface area contributed by atoms with Crippen LogP contribution in [0.3, 0.4) is 0 Å². The van der Waals surface area contributed by atoms with Crippen LogP contribution in [0.2, 0.25) is 0 Å². The molecule has 10 heteroatoms. The zero-order valence-corrected chi connectivity index (χ0v) is 19.3. The van der Waals surface area contributed by atoms with Gasteiger partial charge in [0, 0.05) is 26.2 Å². The van der Waals surface area contributed by atoms with Crippen LogP contribution in [0.5, 0.6) is 5.75 Å². The van der Waals surface area contributed by atoms with Gasteiger partial charge in [-0.3, -0.25) is 19.3 Å². The smallest absolute Gasteiger partial charge is 0.325 e. The van der Waals surface area contributed by atoms with Gasteiger partial charge in [-0.2, -0.15) is 0 Å². The number of furan rings is 1. The SMILES string of the molecule is COc1ccc(CCC2(C)NC(=O)N(CC(=O)N3CCN(C(=O)c4ccco4)CC3)C2=O)cc1. The van der Waals surface area contributed by atoms with E-state index in [1.807, 2.05) is 24.3 Å². The van der Waals surface area contributed by atoms with Crippen molar-refractivity contribution in [3.63, 3.8) is 0 Å². The Morgan fingerprint density at radius 1 is 1.06 bits per heavy atom. The summed E-state index contributed by atoms with van der Waals surface area (Å²) in [5.74, 6) is 0.0434. The second-order valence-electron chi connectivity index (χ2n) is 8.65. The van der Waals surface area contributed by atoms with Gasteiger partial charge in [-0.15, -0.1) is 0 Å². The molecule has 180 valence electrons. The Morgan fingerprint density at radius 2 is 1.74 bits per heavy atom. The number of carbonyl (C=O) groups excluding carboxylic acids is 4. The number of imide groups is 1. The van der Waals surface area contributed by atoms with E-state index in [0.717, 1.165) is 16.2 Å². The summed E-state index contributed by atoms with van der Waals surface area (Å²) >= 11 is 0. The highest BCUT2D eigenvalue weighted by atomic mass is 16.5. The van der Waals surface area contributed by atoms with Crippen LogP contribution in [-0.4, -0.2) is 83.8 Å². The summed E-state index contributed by atoms with van der Waals surface area (Å²) in [6.45, 7) is 2.71. The number of ether oxygens (including phenoxy) is 1. The minimum Gasteiger partial charge on any atom is -0.497 e. The minimum atomic E-state index is -1.08. The molecule has 2 aliphatic rings. The zero-order chi connectivity index (χ0) is 24.3.